The van der Waals surface area contributed by atoms with Crippen LogP contribution in [0.2, 0.25) is 0 Å². The van der Waals surface area contributed by atoms with E-state index in [1.807, 2.05) is 13.1 Å². The average molecular weight is 238 g/mol. The number of anilines is 1. The summed E-state index contributed by atoms with van der Waals surface area (Å²) in [5, 5.41) is 8.94. The molecule has 1 unspecified atom stereocenters. The van der Waals surface area contributed by atoms with E-state index in [-0.39, 0.29) is 0 Å². The van der Waals surface area contributed by atoms with Gasteiger partial charge in [0.15, 0.2) is 0 Å². The van der Waals surface area contributed by atoms with Crippen LogP contribution in [0.5, 0.6) is 0 Å². The molecule has 2 aromatic heterocycles. The van der Waals surface area contributed by atoms with Gasteiger partial charge in [-0.2, -0.15) is 0 Å². The molecular weight excluding hydrogens is 224 g/mol. The highest BCUT2D eigenvalue weighted by atomic mass is 32.1. The van der Waals surface area contributed by atoms with Crippen molar-refractivity contribution in [2.45, 2.75) is 26.8 Å². The summed E-state index contributed by atoms with van der Waals surface area (Å²) >= 11 is 3.49. The van der Waals surface area contributed by atoms with Gasteiger partial charge in [-0.05, 0) is 31.7 Å². The van der Waals surface area contributed by atoms with Crippen LogP contribution in [0.1, 0.15) is 28.4 Å². The molecule has 1 atom stereocenters. The zero-order chi connectivity index (χ0) is 10.8. The van der Waals surface area contributed by atoms with Crippen LogP contribution in [-0.4, -0.2) is 4.98 Å². The fraction of sp³-hybridized carbons (Fsp3) is 0.364. The van der Waals surface area contributed by atoms with Crippen LogP contribution in [0.15, 0.2) is 17.0 Å². The monoisotopic (exact) mass is 238 g/mol. The molecule has 0 aromatic carbocycles. The van der Waals surface area contributed by atoms with Crippen LogP contribution >= 0.6 is 22.7 Å². The summed E-state index contributed by atoms with van der Waals surface area (Å²) in [6.07, 6.45) is 1.96. The van der Waals surface area contributed by atoms with Gasteiger partial charge in [0, 0.05) is 22.1 Å². The maximum Gasteiger partial charge on any atom is 0.0897 e. The highest BCUT2D eigenvalue weighted by Gasteiger charge is 2.09. The largest absolute Gasteiger partial charge is 0.377 e. The summed E-state index contributed by atoms with van der Waals surface area (Å²) in [5.74, 6) is 0. The first-order valence-electron chi connectivity index (χ1n) is 4.88. The Hall–Kier alpha value is -0.870. The number of hydrogen-bond donors (Lipinski definition) is 1. The van der Waals surface area contributed by atoms with Gasteiger partial charge in [-0.25, -0.2) is 4.98 Å². The zero-order valence-electron chi connectivity index (χ0n) is 9.07. The molecule has 2 nitrogen and oxygen atoms in total. The van der Waals surface area contributed by atoms with Crippen LogP contribution in [0, 0.1) is 13.8 Å². The molecule has 0 aliphatic rings. The summed E-state index contributed by atoms with van der Waals surface area (Å²) in [6, 6.07) is 0.337. The zero-order valence-corrected chi connectivity index (χ0v) is 10.7. The lowest BCUT2D eigenvalue weighted by Gasteiger charge is -2.12. The smallest absolute Gasteiger partial charge is 0.0897 e. The molecule has 0 aliphatic carbocycles. The minimum absolute atomic E-state index is 0.337. The normalized spacial score (nSPS) is 12.7. The van der Waals surface area contributed by atoms with E-state index in [0.29, 0.717) is 6.04 Å². The number of thiazole rings is 1. The summed E-state index contributed by atoms with van der Waals surface area (Å²) in [7, 11) is 0. The second-order valence-corrected chi connectivity index (χ2v) is 5.63. The van der Waals surface area contributed by atoms with Gasteiger partial charge >= 0.3 is 0 Å². The molecule has 1 N–H and O–H groups in total. The Balaban J connectivity index is 2.10. The Morgan fingerprint density at radius 3 is 2.67 bits per heavy atom. The number of nitrogens with one attached hydrogen (secondary N) is 1. The van der Waals surface area contributed by atoms with E-state index in [2.05, 4.69) is 34.9 Å². The van der Waals surface area contributed by atoms with E-state index in [0.717, 1.165) is 5.01 Å². The Morgan fingerprint density at radius 1 is 1.33 bits per heavy atom. The van der Waals surface area contributed by atoms with Crippen LogP contribution < -0.4 is 5.32 Å². The number of aromatic nitrogens is 1. The van der Waals surface area contributed by atoms with Gasteiger partial charge < -0.3 is 5.32 Å². The Kier molecular flexibility index (Phi) is 3.07. The van der Waals surface area contributed by atoms with Crippen molar-refractivity contribution in [2.24, 2.45) is 0 Å². The SMILES string of the molecule is Cc1ncc(C(C)Nc2cscc2C)s1. The Morgan fingerprint density at radius 2 is 2.13 bits per heavy atom. The van der Waals surface area contributed by atoms with Crippen molar-refractivity contribution in [3.63, 3.8) is 0 Å². The first-order valence-corrected chi connectivity index (χ1v) is 6.64. The van der Waals surface area contributed by atoms with Gasteiger partial charge in [0.05, 0.1) is 11.0 Å². The Bertz CT molecular complexity index is 445. The highest BCUT2D eigenvalue weighted by Crippen LogP contribution is 2.27. The van der Waals surface area contributed by atoms with Gasteiger partial charge in [-0.1, -0.05) is 0 Å². The molecule has 0 bridgehead atoms. The van der Waals surface area contributed by atoms with Crippen LogP contribution in [0.4, 0.5) is 5.69 Å². The molecule has 0 aliphatic heterocycles. The van der Waals surface area contributed by atoms with Crippen molar-refractivity contribution in [2.75, 3.05) is 5.32 Å². The number of aryl methyl sites for hydroxylation is 2. The number of thiophene rings is 1. The first kappa shape index (κ1) is 10.6. The van der Waals surface area contributed by atoms with Gasteiger partial charge in [0.25, 0.3) is 0 Å². The van der Waals surface area contributed by atoms with Gasteiger partial charge in [0.1, 0.15) is 0 Å². The molecule has 0 radical (unpaired) electrons. The van der Waals surface area contributed by atoms with E-state index >= 15 is 0 Å². The van der Waals surface area contributed by atoms with Crippen LogP contribution in [-0.2, 0) is 0 Å². The standard InChI is InChI=1S/C11H14N2S2/c1-7-5-14-6-10(7)13-8(2)11-4-12-9(3)15-11/h4-6,8,13H,1-3H3. The summed E-state index contributed by atoms with van der Waals surface area (Å²) in [5.41, 5.74) is 2.55. The van der Waals surface area contributed by atoms with E-state index in [1.165, 1.54) is 16.1 Å². The summed E-state index contributed by atoms with van der Waals surface area (Å²) < 4.78 is 0. The second kappa shape index (κ2) is 4.33. The van der Waals surface area contributed by atoms with Gasteiger partial charge in [0.2, 0.25) is 0 Å². The molecule has 2 rings (SSSR count). The maximum atomic E-state index is 4.27. The lowest BCUT2D eigenvalue weighted by Crippen LogP contribution is -2.04. The highest BCUT2D eigenvalue weighted by molar-refractivity contribution is 7.11. The molecule has 80 valence electrons. The molecule has 2 aromatic rings. The minimum Gasteiger partial charge on any atom is -0.377 e. The van der Waals surface area contributed by atoms with Crippen molar-refractivity contribution >= 4 is 28.4 Å². The third-order valence-corrected chi connectivity index (χ3v) is 4.25. The lowest BCUT2D eigenvalue weighted by molar-refractivity contribution is 0.902. The number of hydrogen-bond acceptors (Lipinski definition) is 4. The lowest BCUT2D eigenvalue weighted by atomic mass is 10.2. The second-order valence-electron chi connectivity index (χ2n) is 3.62. The maximum absolute atomic E-state index is 4.27. The third kappa shape index (κ3) is 2.38. The third-order valence-electron chi connectivity index (χ3n) is 2.29. The predicted molar refractivity (Wildman–Crippen MR) is 67.9 cm³/mol. The molecular formula is C11H14N2S2. The molecule has 0 saturated carbocycles. The van der Waals surface area contributed by atoms with Crippen molar-refractivity contribution in [1.82, 2.24) is 4.98 Å². The minimum atomic E-state index is 0.337. The summed E-state index contributed by atoms with van der Waals surface area (Å²) in [6.45, 7) is 6.34. The molecule has 2 heterocycles. The van der Waals surface area contributed by atoms with E-state index in [9.17, 15) is 0 Å². The van der Waals surface area contributed by atoms with E-state index < -0.39 is 0 Å². The van der Waals surface area contributed by atoms with Crippen LogP contribution in [0.25, 0.3) is 0 Å². The Labute approximate surface area is 98.0 Å². The number of nitrogens with zero attached hydrogens (tertiary/aromatic N) is 1. The van der Waals surface area contributed by atoms with Crippen molar-refractivity contribution in [3.8, 4) is 0 Å². The van der Waals surface area contributed by atoms with Crippen LogP contribution in [0.3, 0.4) is 0 Å². The topological polar surface area (TPSA) is 24.9 Å². The summed E-state index contributed by atoms with van der Waals surface area (Å²) in [4.78, 5) is 5.56. The molecule has 4 heteroatoms. The quantitative estimate of drug-likeness (QED) is 0.874. The molecule has 0 spiro atoms. The predicted octanol–water partition coefficient (Wildman–Crippen LogP) is 3.99. The number of rotatable bonds is 3. The molecule has 0 saturated heterocycles. The fourth-order valence-corrected chi connectivity index (χ4v) is 2.97. The van der Waals surface area contributed by atoms with E-state index in [4.69, 9.17) is 0 Å². The fourth-order valence-electron chi connectivity index (χ4n) is 1.39. The van der Waals surface area contributed by atoms with Crippen molar-refractivity contribution in [3.05, 3.63) is 32.4 Å². The first-order chi connectivity index (χ1) is 7.16. The van der Waals surface area contributed by atoms with Crippen molar-refractivity contribution in [1.29, 1.82) is 0 Å². The molecule has 0 amide bonds. The van der Waals surface area contributed by atoms with E-state index in [1.54, 1.807) is 22.7 Å². The molecule has 15 heavy (non-hydrogen) atoms. The average Bonchev–Trinajstić information content (AvgIpc) is 2.77. The molecule has 0 fully saturated rings. The van der Waals surface area contributed by atoms with Gasteiger partial charge in [-0.3, -0.25) is 0 Å². The van der Waals surface area contributed by atoms with Gasteiger partial charge in [-0.15, -0.1) is 22.7 Å². The van der Waals surface area contributed by atoms with Crippen molar-refractivity contribution < 1.29 is 0 Å².